The van der Waals surface area contributed by atoms with Crippen molar-refractivity contribution < 1.29 is 19.1 Å². The Labute approximate surface area is 162 Å². The molecular weight excluding hydrogens is 400 g/mol. The summed E-state index contributed by atoms with van der Waals surface area (Å²) in [5.41, 5.74) is -0.203. The van der Waals surface area contributed by atoms with Gasteiger partial charge in [0.1, 0.15) is 10.8 Å². The number of carboxylic acids is 1. The Balaban J connectivity index is 1.83. The van der Waals surface area contributed by atoms with E-state index in [4.69, 9.17) is 23.2 Å². The number of nitrogens with one attached hydrogen (secondary N) is 1. The molecule has 1 amide bonds. The van der Waals surface area contributed by atoms with Gasteiger partial charge >= 0.3 is 5.97 Å². The molecule has 0 bridgehead atoms. The van der Waals surface area contributed by atoms with E-state index in [9.17, 15) is 19.1 Å². The van der Waals surface area contributed by atoms with Crippen molar-refractivity contribution in [3.8, 4) is 0 Å². The number of nitrogens with zero attached hydrogens (tertiary/aromatic N) is 4. The van der Waals surface area contributed by atoms with Gasteiger partial charge in [0.25, 0.3) is 5.91 Å². The monoisotopic (exact) mass is 411 g/mol. The summed E-state index contributed by atoms with van der Waals surface area (Å²) < 4.78 is 16.3. The lowest BCUT2D eigenvalue weighted by molar-refractivity contribution is 0.0680. The fourth-order valence-corrected chi connectivity index (χ4v) is 2.86. The summed E-state index contributed by atoms with van der Waals surface area (Å²) in [7, 11) is 1.40. The molecule has 0 atom stereocenters. The number of aromatic nitrogens is 4. The number of carbonyl (C=O) groups excluding carboxylic acids is 1. The molecule has 2 heterocycles. The van der Waals surface area contributed by atoms with Crippen LogP contribution in [0.1, 0.15) is 26.4 Å². The molecule has 0 aliphatic rings. The quantitative estimate of drug-likeness (QED) is 0.671. The first-order valence-electron chi connectivity index (χ1n) is 7.50. The number of aromatic carboxylic acids is 1. The number of benzene rings is 1. The van der Waals surface area contributed by atoms with Gasteiger partial charge in [-0.3, -0.25) is 14.2 Å². The van der Waals surface area contributed by atoms with Gasteiger partial charge in [-0.2, -0.15) is 10.2 Å². The van der Waals surface area contributed by atoms with Crippen LogP contribution >= 0.6 is 23.2 Å². The normalized spacial score (nSPS) is 10.8. The molecule has 0 saturated heterocycles. The molecule has 0 spiro atoms. The van der Waals surface area contributed by atoms with Gasteiger partial charge in [-0.15, -0.1) is 0 Å². The summed E-state index contributed by atoms with van der Waals surface area (Å²) in [6.07, 6.45) is 2.52. The third kappa shape index (κ3) is 3.79. The molecule has 140 valence electrons. The number of anilines is 1. The van der Waals surface area contributed by atoms with E-state index in [0.29, 0.717) is 0 Å². The van der Waals surface area contributed by atoms with Crippen LogP contribution in [0.3, 0.4) is 0 Å². The van der Waals surface area contributed by atoms with Crippen molar-refractivity contribution in [1.29, 1.82) is 0 Å². The number of rotatable bonds is 5. The van der Waals surface area contributed by atoms with Gasteiger partial charge in [-0.1, -0.05) is 29.3 Å². The third-order valence-corrected chi connectivity index (χ3v) is 4.35. The first-order chi connectivity index (χ1) is 12.8. The highest BCUT2D eigenvalue weighted by atomic mass is 35.5. The van der Waals surface area contributed by atoms with Gasteiger partial charge in [0.2, 0.25) is 0 Å². The van der Waals surface area contributed by atoms with E-state index in [2.05, 4.69) is 15.5 Å². The topological polar surface area (TPSA) is 102 Å². The van der Waals surface area contributed by atoms with Crippen LogP contribution in [-0.2, 0) is 13.6 Å². The third-order valence-electron chi connectivity index (χ3n) is 3.72. The van der Waals surface area contributed by atoms with Crippen LogP contribution in [0, 0.1) is 5.82 Å². The van der Waals surface area contributed by atoms with Crippen molar-refractivity contribution in [2.45, 2.75) is 6.54 Å². The molecule has 2 N–H and O–H groups in total. The Morgan fingerprint density at radius 2 is 2.04 bits per heavy atom. The van der Waals surface area contributed by atoms with Gasteiger partial charge in [0, 0.05) is 23.8 Å². The molecule has 0 saturated carbocycles. The SMILES string of the molecule is Cn1ncc(C(=O)Nc2nn(Cc3c(F)cccc3Cl)cc2Cl)c1C(=O)O. The van der Waals surface area contributed by atoms with Gasteiger partial charge in [0.05, 0.1) is 18.3 Å². The van der Waals surface area contributed by atoms with Crippen LogP contribution in [0.5, 0.6) is 0 Å². The van der Waals surface area contributed by atoms with Crippen molar-refractivity contribution >= 4 is 40.9 Å². The molecular formula is C16H12Cl2FN5O3. The lowest BCUT2D eigenvalue weighted by Gasteiger charge is -2.06. The number of hydrogen-bond donors (Lipinski definition) is 2. The fourth-order valence-electron chi connectivity index (χ4n) is 2.44. The molecule has 0 aliphatic carbocycles. The first-order valence-corrected chi connectivity index (χ1v) is 8.26. The summed E-state index contributed by atoms with van der Waals surface area (Å²) >= 11 is 12.1. The fraction of sp³-hybridized carbons (Fsp3) is 0.125. The molecule has 0 fully saturated rings. The minimum absolute atomic E-state index is 0.00526. The highest BCUT2D eigenvalue weighted by Crippen LogP contribution is 2.24. The molecule has 2 aromatic heterocycles. The minimum atomic E-state index is -1.30. The largest absolute Gasteiger partial charge is 0.477 e. The van der Waals surface area contributed by atoms with Crippen LogP contribution in [0.15, 0.2) is 30.6 Å². The molecule has 11 heteroatoms. The van der Waals surface area contributed by atoms with Crippen LogP contribution in [-0.4, -0.2) is 36.5 Å². The number of aryl methyl sites for hydroxylation is 1. The summed E-state index contributed by atoms with van der Waals surface area (Å²) in [4.78, 5) is 23.6. The Kier molecular flexibility index (Phi) is 5.15. The Morgan fingerprint density at radius 1 is 1.30 bits per heavy atom. The van der Waals surface area contributed by atoms with Gasteiger partial charge in [-0.25, -0.2) is 9.18 Å². The maximum atomic E-state index is 13.9. The molecule has 0 aliphatic heterocycles. The van der Waals surface area contributed by atoms with E-state index < -0.39 is 17.7 Å². The number of hydrogen-bond acceptors (Lipinski definition) is 4. The van der Waals surface area contributed by atoms with E-state index in [1.165, 1.54) is 30.1 Å². The van der Waals surface area contributed by atoms with Crippen molar-refractivity contribution in [3.05, 3.63) is 63.3 Å². The Hall–Kier alpha value is -2.91. The van der Waals surface area contributed by atoms with E-state index in [0.717, 1.165) is 10.9 Å². The zero-order valence-corrected chi connectivity index (χ0v) is 15.3. The van der Waals surface area contributed by atoms with Crippen molar-refractivity contribution in [1.82, 2.24) is 19.6 Å². The van der Waals surface area contributed by atoms with Crippen molar-refractivity contribution in [2.24, 2.45) is 7.05 Å². The van der Waals surface area contributed by atoms with Crippen molar-refractivity contribution in [2.75, 3.05) is 5.32 Å². The smallest absolute Gasteiger partial charge is 0.354 e. The number of carboxylic acid groups (broad SMARTS) is 1. The molecule has 0 unspecified atom stereocenters. The second kappa shape index (κ2) is 7.37. The van der Waals surface area contributed by atoms with Crippen LogP contribution in [0.25, 0.3) is 0 Å². The second-order valence-electron chi connectivity index (χ2n) is 5.51. The predicted molar refractivity (Wildman–Crippen MR) is 95.9 cm³/mol. The zero-order valence-electron chi connectivity index (χ0n) is 13.8. The Morgan fingerprint density at radius 3 is 2.70 bits per heavy atom. The van der Waals surface area contributed by atoms with Gasteiger partial charge in [0.15, 0.2) is 11.5 Å². The van der Waals surface area contributed by atoms with Crippen LogP contribution in [0.2, 0.25) is 10.0 Å². The molecule has 3 aromatic rings. The van der Waals surface area contributed by atoms with Crippen molar-refractivity contribution in [3.63, 3.8) is 0 Å². The number of carbonyl (C=O) groups is 2. The molecule has 27 heavy (non-hydrogen) atoms. The van der Waals surface area contributed by atoms with E-state index in [1.54, 1.807) is 6.07 Å². The van der Waals surface area contributed by atoms with Gasteiger partial charge < -0.3 is 10.4 Å². The van der Waals surface area contributed by atoms with E-state index in [-0.39, 0.29) is 39.2 Å². The van der Waals surface area contributed by atoms with E-state index in [1.807, 2.05) is 0 Å². The average Bonchev–Trinajstić information content (AvgIpc) is 3.14. The highest BCUT2D eigenvalue weighted by molar-refractivity contribution is 6.33. The predicted octanol–water partition coefficient (Wildman–Crippen LogP) is 3.06. The zero-order chi connectivity index (χ0) is 19.7. The first kappa shape index (κ1) is 18.9. The summed E-state index contributed by atoms with van der Waals surface area (Å²) in [6.45, 7) is -0.00559. The number of halogens is 3. The van der Waals surface area contributed by atoms with Crippen LogP contribution in [0.4, 0.5) is 10.2 Å². The molecule has 1 aromatic carbocycles. The Bertz CT molecular complexity index is 1030. The number of amides is 1. The van der Waals surface area contributed by atoms with E-state index >= 15 is 0 Å². The maximum absolute atomic E-state index is 13.9. The average molecular weight is 412 g/mol. The maximum Gasteiger partial charge on any atom is 0.354 e. The molecule has 0 radical (unpaired) electrons. The summed E-state index contributed by atoms with van der Waals surface area (Å²) in [5, 5.41) is 19.8. The lowest BCUT2D eigenvalue weighted by atomic mass is 10.2. The summed E-state index contributed by atoms with van der Waals surface area (Å²) in [5.74, 6) is -2.54. The molecule has 8 nitrogen and oxygen atoms in total. The molecule has 3 rings (SSSR count). The van der Waals surface area contributed by atoms with Crippen LogP contribution < -0.4 is 5.32 Å². The minimum Gasteiger partial charge on any atom is -0.477 e. The standard InChI is InChI=1S/C16H12Cl2FN5O3/c1-23-13(16(26)27)8(5-20-23)15(25)21-14-11(18)7-24(22-14)6-9-10(17)3-2-4-12(9)19/h2-5,7H,6H2,1H3,(H,26,27)(H,21,22,25). The summed E-state index contributed by atoms with van der Waals surface area (Å²) in [6, 6.07) is 4.30. The highest BCUT2D eigenvalue weighted by Gasteiger charge is 2.23. The lowest BCUT2D eigenvalue weighted by Crippen LogP contribution is -2.17. The second-order valence-corrected chi connectivity index (χ2v) is 6.33. The van der Waals surface area contributed by atoms with Gasteiger partial charge in [-0.05, 0) is 12.1 Å².